The molecular formula is C22H27N5O4S. The van der Waals surface area contributed by atoms with Crippen molar-refractivity contribution in [2.45, 2.75) is 50.5 Å². The summed E-state index contributed by atoms with van der Waals surface area (Å²) in [5, 5.41) is 3.79. The van der Waals surface area contributed by atoms with Crippen LogP contribution < -0.4 is 0 Å². The van der Waals surface area contributed by atoms with Gasteiger partial charge in [-0.3, -0.25) is 4.79 Å². The van der Waals surface area contributed by atoms with Crippen molar-refractivity contribution in [3.8, 4) is 0 Å². The number of likely N-dealkylation sites (tertiary alicyclic amines) is 1. The van der Waals surface area contributed by atoms with Crippen LogP contribution in [-0.4, -0.2) is 58.3 Å². The molecule has 9 nitrogen and oxygen atoms in total. The first kappa shape index (κ1) is 21.1. The number of aromatic nitrogens is 3. The van der Waals surface area contributed by atoms with Crippen LogP contribution in [0.3, 0.4) is 0 Å². The third-order valence-corrected chi connectivity index (χ3v) is 8.67. The molecule has 10 heteroatoms. The van der Waals surface area contributed by atoms with Gasteiger partial charge in [-0.25, -0.2) is 13.4 Å². The number of piperidine rings is 1. The Balaban J connectivity index is 1.37. The number of H-pyrrole nitrogens is 1. The van der Waals surface area contributed by atoms with Crippen LogP contribution in [0.1, 0.15) is 49.0 Å². The number of benzene rings is 1. The Morgan fingerprint density at radius 1 is 1.16 bits per heavy atom. The molecule has 2 fully saturated rings. The highest BCUT2D eigenvalue weighted by Gasteiger charge is 2.40. The van der Waals surface area contributed by atoms with Crippen molar-refractivity contribution in [1.29, 1.82) is 0 Å². The first-order valence-electron chi connectivity index (χ1n) is 11.0. The molecule has 0 saturated carbocycles. The molecule has 1 amide bonds. The average Bonchev–Trinajstić information content (AvgIpc) is 3.51. The van der Waals surface area contributed by atoms with Gasteiger partial charge in [0.15, 0.2) is 5.76 Å². The fourth-order valence-electron chi connectivity index (χ4n) is 5.01. The molecule has 0 radical (unpaired) electrons. The Hall–Kier alpha value is -2.72. The van der Waals surface area contributed by atoms with Gasteiger partial charge in [-0.05, 0) is 51.7 Å². The monoisotopic (exact) mass is 457 g/mol. The summed E-state index contributed by atoms with van der Waals surface area (Å²) in [5.41, 5.74) is 2.19. The molecule has 170 valence electrons. The predicted octanol–water partition coefficient (Wildman–Crippen LogP) is 2.93. The zero-order valence-electron chi connectivity index (χ0n) is 18.2. The maximum absolute atomic E-state index is 13.5. The quantitative estimate of drug-likeness (QED) is 0.645. The minimum atomic E-state index is -3.77. The number of carbonyl (C=O) groups is 1. The molecule has 2 saturated heterocycles. The number of carbonyl (C=O) groups excluding carboxylic acids is 1. The summed E-state index contributed by atoms with van der Waals surface area (Å²) >= 11 is 0. The number of amides is 1. The Labute approximate surface area is 186 Å². The number of fused-ring (bicyclic) bond motifs is 1. The summed E-state index contributed by atoms with van der Waals surface area (Å²) in [6.07, 6.45) is 3.07. The summed E-state index contributed by atoms with van der Waals surface area (Å²) < 4.78 is 33.0. The molecule has 0 spiro atoms. The zero-order chi connectivity index (χ0) is 22.5. The lowest BCUT2D eigenvalue weighted by Gasteiger charge is -2.34. The molecule has 2 aliphatic rings. The van der Waals surface area contributed by atoms with Crippen molar-refractivity contribution in [3.05, 3.63) is 41.5 Å². The van der Waals surface area contributed by atoms with E-state index in [4.69, 9.17) is 9.51 Å². The summed E-state index contributed by atoms with van der Waals surface area (Å²) in [7, 11) is -3.77. The number of sulfonamides is 1. The van der Waals surface area contributed by atoms with Crippen molar-refractivity contribution in [3.63, 3.8) is 0 Å². The fraction of sp³-hybridized carbons (Fsp3) is 0.500. The van der Waals surface area contributed by atoms with Crippen molar-refractivity contribution in [2.24, 2.45) is 5.92 Å². The summed E-state index contributed by atoms with van der Waals surface area (Å²) in [6.45, 7) is 4.45. The van der Waals surface area contributed by atoms with Crippen molar-refractivity contribution in [1.82, 2.24) is 24.3 Å². The number of imidazole rings is 1. The number of nitrogens with zero attached hydrogens (tertiary/aromatic N) is 4. The second-order valence-electron chi connectivity index (χ2n) is 8.68. The third kappa shape index (κ3) is 3.51. The van der Waals surface area contributed by atoms with Crippen LogP contribution in [0.4, 0.5) is 0 Å². The standard InChI is InChI=1S/C22H27N5O4S/c1-14-20(15(2)31-25-14)32(29,30)26-11-5-7-16(13-26)22(28)27-12-6-10-19(27)21-23-17-8-3-4-9-18(17)24-21/h3-4,8-9,16,19H,5-7,10-13H2,1-2H3,(H,23,24). The van der Waals surface area contributed by atoms with Gasteiger partial charge in [-0.2, -0.15) is 4.31 Å². The molecule has 2 aliphatic heterocycles. The Morgan fingerprint density at radius 2 is 1.94 bits per heavy atom. The molecule has 1 aromatic carbocycles. The van der Waals surface area contributed by atoms with E-state index >= 15 is 0 Å². The lowest BCUT2D eigenvalue weighted by atomic mass is 9.97. The first-order chi connectivity index (χ1) is 15.4. The molecule has 32 heavy (non-hydrogen) atoms. The molecular weight excluding hydrogens is 430 g/mol. The molecule has 0 bridgehead atoms. The zero-order valence-corrected chi connectivity index (χ0v) is 19.1. The lowest BCUT2D eigenvalue weighted by molar-refractivity contribution is -0.137. The molecule has 2 unspecified atom stereocenters. The first-order valence-corrected chi connectivity index (χ1v) is 12.5. The average molecular weight is 458 g/mol. The molecule has 5 rings (SSSR count). The van der Waals surface area contributed by atoms with Gasteiger partial charge in [0.05, 0.1) is 23.0 Å². The van der Waals surface area contributed by atoms with Gasteiger partial charge >= 0.3 is 0 Å². The van der Waals surface area contributed by atoms with Gasteiger partial charge < -0.3 is 14.4 Å². The molecule has 4 heterocycles. The lowest BCUT2D eigenvalue weighted by Crippen LogP contribution is -2.46. The van der Waals surface area contributed by atoms with Crippen LogP contribution in [0.15, 0.2) is 33.7 Å². The summed E-state index contributed by atoms with van der Waals surface area (Å²) in [4.78, 5) is 23.6. The maximum atomic E-state index is 13.5. The van der Waals surface area contributed by atoms with E-state index in [1.165, 1.54) is 4.31 Å². The highest BCUT2D eigenvalue weighted by molar-refractivity contribution is 7.89. The van der Waals surface area contributed by atoms with E-state index in [-0.39, 0.29) is 35.1 Å². The van der Waals surface area contributed by atoms with E-state index in [2.05, 4.69) is 10.1 Å². The Kier molecular flexibility index (Phi) is 5.29. The van der Waals surface area contributed by atoms with Crippen LogP contribution in [0.5, 0.6) is 0 Å². The molecule has 3 aromatic rings. The van der Waals surface area contributed by atoms with Crippen LogP contribution >= 0.6 is 0 Å². The van der Waals surface area contributed by atoms with E-state index in [1.807, 2.05) is 29.2 Å². The molecule has 0 aliphatic carbocycles. The molecule has 2 atom stereocenters. The SMILES string of the molecule is Cc1noc(C)c1S(=O)(=O)N1CCCC(C(=O)N2CCCC2c2nc3ccccc3[nH]2)C1. The minimum Gasteiger partial charge on any atom is -0.360 e. The highest BCUT2D eigenvalue weighted by Crippen LogP contribution is 2.35. The number of aryl methyl sites for hydroxylation is 2. The van der Waals surface area contributed by atoms with Gasteiger partial charge in [0.25, 0.3) is 0 Å². The van der Waals surface area contributed by atoms with Crippen LogP contribution in [0.2, 0.25) is 0 Å². The number of para-hydroxylation sites is 2. The van der Waals surface area contributed by atoms with Crippen molar-refractivity contribution in [2.75, 3.05) is 19.6 Å². The predicted molar refractivity (Wildman–Crippen MR) is 117 cm³/mol. The maximum Gasteiger partial charge on any atom is 0.248 e. The van der Waals surface area contributed by atoms with Gasteiger partial charge in [0.2, 0.25) is 15.9 Å². The molecule has 2 aromatic heterocycles. The van der Waals surface area contributed by atoms with Gasteiger partial charge in [-0.1, -0.05) is 17.3 Å². The van der Waals surface area contributed by atoms with Crippen molar-refractivity contribution < 1.29 is 17.7 Å². The van der Waals surface area contributed by atoms with Crippen LogP contribution in [0.25, 0.3) is 11.0 Å². The van der Waals surface area contributed by atoms with Crippen LogP contribution in [0, 0.1) is 19.8 Å². The summed E-state index contributed by atoms with van der Waals surface area (Å²) in [5.74, 6) is 0.712. The van der Waals surface area contributed by atoms with E-state index in [0.717, 1.165) is 29.7 Å². The Morgan fingerprint density at radius 3 is 2.69 bits per heavy atom. The second-order valence-corrected chi connectivity index (χ2v) is 10.6. The normalized spacial score (nSPS) is 22.6. The topological polar surface area (TPSA) is 112 Å². The fourth-order valence-corrected chi connectivity index (χ4v) is 6.83. The molecule has 1 N–H and O–H groups in total. The summed E-state index contributed by atoms with van der Waals surface area (Å²) in [6, 6.07) is 7.73. The van der Waals surface area contributed by atoms with E-state index in [9.17, 15) is 13.2 Å². The minimum absolute atomic E-state index is 0.00613. The van der Waals surface area contributed by atoms with E-state index < -0.39 is 10.0 Å². The van der Waals surface area contributed by atoms with E-state index in [0.29, 0.717) is 31.6 Å². The number of aromatic amines is 1. The van der Waals surface area contributed by atoms with Gasteiger partial charge in [0, 0.05) is 19.6 Å². The van der Waals surface area contributed by atoms with Gasteiger partial charge in [-0.15, -0.1) is 0 Å². The number of rotatable bonds is 4. The number of nitrogens with one attached hydrogen (secondary N) is 1. The number of hydrogen-bond donors (Lipinski definition) is 1. The Bertz CT molecular complexity index is 1210. The largest absolute Gasteiger partial charge is 0.360 e. The third-order valence-electron chi connectivity index (χ3n) is 6.56. The van der Waals surface area contributed by atoms with E-state index in [1.54, 1.807) is 13.8 Å². The van der Waals surface area contributed by atoms with Crippen molar-refractivity contribution >= 4 is 27.0 Å². The number of hydrogen-bond acceptors (Lipinski definition) is 6. The van der Waals surface area contributed by atoms with Crippen LogP contribution in [-0.2, 0) is 14.8 Å². The highest BCUT2D eigenvalue weighted by atomic mass is 32.2. The van der Waals surface area contributed by atoms with Gasteiger partial charge in [0.1, 0.15) is 16.4 Å². The smallest absolute Gasteiger partial charge is 0.248 e. The second kappa shape index (κ2) is 8.00.